The number of nitrogen functional groups attached to an aromatic ring is 1. The summed E-state index contributed by atoms with van der Waals surface area (Å²) in [6.07, 6.45) is 5.23. The van der Waals surface area contributed by atoms with Crippen LogP contribution in [-0.2, 0) is 7.05 Å². The number of fused-ring (bicyclic) bond motifs is 1. The van der Waals surface area contributed by atoms with Crippen molar-refractivity contribution in [2.75, 3.05) is 5.73 Å². The van der Waals surface area contributed by atoms with Gasteiger partial charge in [0.1, 0.15) is 17.2 Å². The van der Waals surface area contributed by atoms with Crippen LogP contribution in [0.15, 0.2) is 48.9 Å². The molecule has 7 nitrogen and oxygen atoms in total. The molecule has 0 aromatic carbocycles. The Morgan fingerprint density at radius 1 is 1.05 bits per heavy atom. The van der Waals surface area contributed by atoms with Gasteiger partial charge in [-0.1, -0.05) is 0 Å². The summed E-state index contributed by atoms with van der Waals surface area (Å²) in [5, 5.41) is 4.20. The van der Waals surface area contributed by atoms with Crippen LogP contribution < -0.4 is 5.73 Å². The van der Waals surface area contributed by atoms with Gasteiger partial charge in [-0.15, -0.1) is 0 Å². The Kier molecular flexibility index (Phi) is 2.65. The molecule has 0 amide bonds. The van der Waals surface area contributed by atoms with Crippen molar-refractivity contribution in [3.63, 3.8) is 0 Å². The molecule has 0 radical (unpaired) electrons. The highest BCUT2D eigenvalue weighted by Crippen LogP contribution is 2.26. The number of nitrogens with two attached hydrogens (primary N) is 1. The van der Waals surface area contributed by atoms with E-state index >= 15 is 0 Å². The number of aromatic nitrogens is 6. The molecule has 0 aliphatic carbocycles. The molecule has 108 valence electrons. The molecule has 0 fully saturated rings. The van der Waals surface area contributed by atoms with Crippen molar-refractivity contribution >= 4 is 17.0 Å². The minimum Gasteiger partial charge on any atom is -0.383 e. The van der Waals surface area contributed by atoms with Crippen LogP contribution in [0.1, 0.15) is 0 Å². The van der Waals surface area contributed by atoms with Gasteiger partial charge in [-0.05, 0) is 30.3 Å². The minimum absolute atomic E-state index is 0.452. The zero-order valence-corrected chi connectivity index (χ0v) is 11.9. The van der Waals surface area contributed by atoms with Crippen molar-refractivity contribution in [3.05, 3.63) is 48.9 Å². The third-order valence-corrected chi connectivity index (χ3v) is 3.52. The number of pyridine rings is 2. The highest BCUT2D eigenvalue weighted by Gasteiger charge is 2.14. The van der Waals surface area contributed by atoms with E-state index in [4.69, 9.17) is 5.73 Å². The molecule has 0 unspecified atom stereocenters. The molecule has 2 N–H and O–H groups in total. The van der Waals surface area contributed by atoms with Gasteiger partial charge < -0.3 is 10.3 Å². The van der Waals surface area contributed by atoms with Crippen LogP contribution in [0.3, 0.4) is 0 Å². The number of hydrogen-bond donors (Lipinski definition) is 1. The van der Waals surface area contributed by atoms with Crippen molar-refractivity contribution in [3.8, 4) is 17.2 Å². The molecule has 0 saturated carbocycles. The normalized spacial score (nSPS) is 11.1. The average molecular weight is 291 g/mol. The second kappa shape index (κ2) is 4.66. The van der Waals surface area contributed by atoms with Gasteiger partial charge in [-0.25, -0.2) is 19.6 Å². The Hall–Kier alpha value is -3.22. The molecule has 22 heavy (non-hydrogen) atoms. The first-order valence-electron chi connectivity index (χ1n) is 6.78. The number of imidazole rings is 1. The van der Waals surface area contributed by atoms with Gasteiger partial charge in [0.05, 0.1) is 5.56 Å². The molecule has 4 rings (SSSR count). The van der Waals surface area contributed by atoms with E-state index in [9.17, 15) is 0 Å². The van der Waals surface area contributed by atoms with Gasteiger partial charge in [0, 0.05) is 25.6 Å². The van der Waals surface area contributed by atoms with Crippen molar-refractivity contribution in [1.29, 1.82) is 0 Å². The zero-order chi connectivity index (χ0) is 15.1. The molecule has 4 aromatic rings. The summed E-state index contributed by atoms with van der Waals surface area (Å²) in [4.78, 5) is 13.4. The minimum atomic E-state index is 0.452. The number of nitrogens with zero attached hydrogens (tertiary/aromatic N) is 6. The molecular formula is C15H13N7. The summed E-state index contributed by atoms with van der Waals surface area (Å²) in [5.74, 6) is 1.94. The molecular weight excluding hydrogens is 278 g/mol. The van der Waals surface area contributed by atoms with Gasteiger partial charge in [-0.3, -0.25) is 0 Å². The van der Waals surface area contributed by atoms with Crippen LogP contribution in [0.2, 0.25) is 0 Å². The third kappa shape index (κ3) is 1.83. The lowest BCUT2D eigenvalue weighted by Gasteiger charge is -2.04. The smallest absolute Gasteiger partial charge is 0.162 e. The molecule has 0 bridgehead atoms. The Morgan fingerprint density at radius 3 is 2.73 bits per heavy atom. The lowest BCUT2D eigenvalue weighted by Crippen LogP contribution is -2.01. The van der Waals surface area contributed by atoms with Crippen LogP contribution in [0.4, 0.5) is 5.82 Å². The molecule has 0 saturated heterocycles. The predicted molar refractivity (Wildman–Crippen MR) is 83.3 cm³/mol. The Balaban J connectivity index is 1.93. The molecule has 0 aliphatic rings. The maximum atomic E-state index is 5.95. The highest BCUT2D eigenvalue weighted by atomic mass is 15.3. The SMILES string of the molecule is Cn1c(-c2cccnc2N)nc2ccc(-n3cccn3)nc21. The molecule has 4 aromatic heterocycles. The summed E-state index contributed by atoms with van der Waals surface area (Å²) in [6.45, 7) is 0. The van der Waals surface area contributed by atoms with Crippen LogP contribution in [-0.4, -0.2) is 29.3 Å². The van der Waals surface area contributed by atoms with E-state index in [-0.39, 0.29) is 0 Å². The maximum Gasteiger partial charge on any atom is 0.162 e. The summed E-state index contributed by atoms with van der Waals surface area (Å²) < 4.78 is 3.63. The second-order valence-electron chi connectivity index (χ2n) is 4.89. The number of aryl methyl sites for hydroxylation is 1. The molecule has 4 heterocycles. The van der Waals surface area contributed by atoms with E-state index in [1.807, 2.05) is 48.1 Å². The zero-order valence-electron chi connectivity index (χ0n) is 11.9. The number of hydrogen-bond acceptors (Lipinski definition) is 5. The standard InChI is InChI=1S/C15H13N7/c1-21-14(10-4-2-7-17-13(10)16)19-11-5-6-12(20-15(11)21)22-9-3-8-18-22/h2-9H,1H3,(H2,16,17). The lowest BCUT2D eigenvalue weighted by atomic mass is 10.2. The largest absolute Gasteiger partial charge is 0.383 e. The third-order valence-electron chi connectivity index (χ3n) is 3.52. The fraction of sp³-hybridized carbons (Fsp3) is 0.0667. The molecule has 0 aliphatic heterocycles. The van der Waals surface area contributed by atoms with E-state index in [0.29, 0.717) is 5.82 Å². The van der Waals surface area contributed by atoms with Crippen molar-refractivity contribution < 1.29 is 0 Å². The average Bonchev–Trinajstić information content (AvgIpc) is 3.16. The van der Waals surface area contributed by atoms with Crippen LogP contribution in [0.25, 0.3) is 28.4 Å². The van der Waals surface area contributed by atoms with E-state index in [1.165, 1.54) is 0 Å². The summed E-state index contributed by atoms with van der Waals surface area (Å²) >= 11 is 0. The highest BCUT2D eigenvalue weighted by molar-refractivity contribution is 5.80. The van der Waals surface area contributed by atoms with Crippen molar-refractivity contribution in [2.24, 2.45) is 7.05 Å². The van der Waals surface area contributed by atoms with Gasteiger partial charge in [-0.2, -0.15) is 5.10 Å². The fourth-order valence-corrected chi connectivity index (χ4v) is 2.43. The Morgan fingerprint density at radius 2 is 1.95 bits per heavy atom. The van der Waals surface area contributed by atoms with Crippen molar-refractivity contribution in [2.45, 2.75) is 0 Å². The van der Waals surface area contributed by atoms with Gasteiger partial charge in [0.2, 0.25) is 0 Å². The maximum absolute atomic E-state index is 5.95. The predicted octanol–water partition coefficient (Wildman–Crippen LogP) is 1.80. The van der Waals surface area contributed by atoms with E-state index in [2.05, 4.69) is 20.1 Å². The first kappa shape index (κ1) is 12.5. The fourth-order valence-electron chi connectivity index (χ4n) is 2.43. The van der Waals surface area contributed by atoms with Crippen LogP contribution >= 0.6 is 0 Å². The van der Waals surface area contributed by atoms with Crippen molar-refractivity contribution in [1.82, 2.24) is 29.3 Å². The second-order valence-corrected chi connectivity index (χ2v) is 4.89. The van der Waals surface area contributed by atoms with E-state index in [1.54, 1.807) is 17.1 Å². The summed E-state index contributed by atoms with van der Waals surface area (Å²) in [7, 11) is 1.91. The van der Waals surface area contributed by atoms with E-state index in [0.717, 1.165) is 28.4 Å². The summed E-state index contributed by atoms with van der Waals surface area (Å²) in [6, 6.07) is 9.41. The number of rotatable bonds is 2. The Bertz CT molecular complexity index is 953. The first-order chi connectivity index (χ1) is 10.7. The quantitative estimate of drug-likeness (QED) is 0.608. The number of anilines is 1. The Labute approximate surface area is 126 Å². The first-order valence-corrected chi connectivity index (χ1v) is 6.78. The van der Waals surface area contributed by atoms with E-state index < -0.39 is 0 Å². The van der Waals surface area contributed by atoms with Crippen LogP contribution in [0, 0.1) is 0 Å². The lowest BCUT2D eigenvalue weighted by molar-refractivity contribution is 0.843. The topological polar surface area (TPSA) is 87.4 Å². The van der Waals surface area contributed by atoms with Gasteiger partial charge in [0.25, 0.3) is 0 Å². The van der Waals surface area contributed by atoms with Gasteiger partial charge in [0.15, 0.2) is 11.5 Å². The molecule has 0 atom stereocenters. The monoisotopic (exact) mass is 291 g/mol. The van der Waals surface area contributed by atoms with Crippen LogP contribution in [0.5, 0.6) is 0 Å². The molecule has 0 spiro atoms. The summed E-state index contributed by atoms with van der Waals surface area (Å²) in [5.41, 5.74) is 8.32. The molecule has 7 heteroatoms. The van der Waals surface area contributed by atoms with Gasteiger partial charge >= 0.3 is 0 Å².